The van der Waals surface area contributed by atoms with E-state index in [0.29, 0.717) is 6.54 Å². The molecule has 5 heteroatoms. The predicted molar refractivity (Wildman–Crippen MR) is 79.2 cm³/mol. The summed E-state index contributed by atoms with van der Waals surface area (Å²) in [5, 5.41) is 3.32. The Bertz CT molecular complexity index is 440. The molecular weight excluding hydrogens is 252 g/mol. The molecule has 5 nitrogen and oxygen atoms in total. The minimum absolute atomic E-state index is 0.144. The third-order valence-corrected chi connectivity index (χ3v) is 3.90. The zero-order valence-electron chi connectivity index (χ0n) is 12.6. The summed E-state index contributed by atoms with van der Waals surface area (Å²) in [6, 6.07) is 5.78. The number of nitrogens with zero attached hydrogens (tertiary/aromatic N) is 3. The molecule has 1 aliphatic rings. The lowest BCUT2D eigenvalue weighted by Crippen LogP contribution is -2.60. The van der Waals surface area contributed by atoms with E-state index < -0.39 is 5.54 Å². The number of nitrogens with one attached hydrogen (secondary N) is 1. The molecule has 0 aromatic carbocycles. The molecule has 0 spiro atoms. The highest BCUT2D eigenvalue weighted by Crippen LogP contribution is 2.18. The minimum Gasteiger partial charge on any atom is -0.338 e. The summed E-state index contributed by atoms with van der Waals surface area (Å²) in [5.74, 6) is 0.144. The predicted octanol–water partition coefficient (Wildman–Crippen LogP) is 0.724. The average molecular weight is 276 g/mol. The molecule has 0 aliphatic carbocycles. The Labute approximate surface area is 121 Å². The summed E-state index contributed by atoms with van der Waals surface area (Å²) in [4.78, 5) is 21.0. The third-order valence-electron chi connectivity index (χ3n) is 3.90. The van der Waals surface area contributed by atoms with Gasteiger partial charge in [-0.15, -0.1) is 0 Å². The molecule has 2 heterocycles. The first kappa shape index (κ1) is 14.9. The van der Waals surface area contributed by atoms with Crippen LogP contribution in [0.5, 0.6) is 0 Å². The first-order valence-corrected chi connectivity index (χ1v) is 7.13. The monoisotopic (exact) mass is 276 g/mol. The molecule has 1 N–H and O–H groups in total. The van der Waals surface area contributed by atoms with E-state index in [-0.39, 0.29) is 5.91 Å². The maximum atomic E-state index is 12.7. The van der Waals surface area contributed by atoms with Crippen molar-refractivity contribution in [3.05, 3.63) is 30.1 Å². The van der Waals surface area contributed by atoms with Crippen LogP contribution in [0, 0.1) is 0 Å². The number of likely N-dealkylation sites (N-methyl/N-ethyl adjacent to an activating group) is 1. The SMILES string of the molecule is CN(Cc1ccccn1)C(=O)C(C)(C)N1CCNCC1. The van der Waals surface area contributed by atoms with Gasteiger partial charge < -0.3 is 10.2 Å². The van der Waals surface area contributed by atoms with Crippen LogP contribution in [-0.2, 0) is 11.3 Å². The van der Waals surface area contributed by atoms with Crippen LogP contribution in [0.3, 0.4) is 0 Å². The van der Waals surface area contributed by atoms with Gasteiger partial charge in [0.15, 0.2) is 0 Å². The van der Waals surface area contributed by atoms with Crippen LogP contribution in [0.2, 0.25) is 0 Å². The lowest BCUT2D eigenvalue weighted by Gasteiger charge is -2.41. The molecule has 1 saturated heterocycles. The minimum atomic E-state index is -0.467. The maximum absolute atomic E-state index is 12.7. The largest absolute Gasteiger partial charge is 0.338 e. The summed E-state index contributed by atoms with van der Waals surface area (Å²) in [6.45, 7) is 8.29. The molecule has 0 saturated carbocycles. The van der Waals surface area contributed by atoms with Crippen molar-refractivity contribution in [2.75, 3.05) is 33.2 Å². The Hall–Kier alpha value is -1.46. The number of piperazine rings is 1. The van der Waals surface area contributed by atoms with E-state index in [9.17, 15) is 4.79 Å². The second-order valence-electron chi connectivity index (χ2n) is 5.78. The highest BCUT2D eigenvalue weighted by molar-refractivity contribution is 5.85. The molecule has 0 bridgehead atoms. The zero-order chi connectivity index (χ0) is 14.6. The van der Waals surface area contributed by atoms with Crippen molar-refractivity contribution < 1.29 is 4.79 Å². The molecule has 0 unspecified atom stereocenters. The highest BCUT2D eigenvalue weighted by atomic mass is 16.2. The molecule has 1 aromatic rings. The molecular formula is C15H24N4O. The lowest BCUT2D eigenvalue weighted by atomic mass is 9.99. The van der Waals surface area contributed by atoms with Crippen molar-refractivity contribution in [3.63, 3.8) is 0 Å². The van der Waals surface area contributed by atoms with Crippen LogP contribution in [0.4, 0.5) is 0 Å². The van der Waals surface area contributed by atoms with Gasteiger partial charge in [0.2, 0.25) is 5.91 Å². The van der Waals surface area contributed by atoms with Crippen LogP contribution >= 0.6 is 0 Å². The fraction of sp³-hybridized carbons (Fsp3) is 0.600. The number of hydrogen-bond acceptors (Lipinski definition) is 4. The standard InChI is InChI=1S/C15H24N4O/c1-15(2,19-10-8-16-9-11-19)14(20)18(3)12-13-6-4-5-7-17-13/h4-7,16H,8-12H2,1-3H3. The van der Waals surface area contributed by atoms with Gasteiger partial charge in [0.1, 0.15) is 0 Å². The van der Waals surface area contributed by atoms with Crippen molar-refractivity contribution in [2.45, 2.75) is 25.9 Å². The number of pyridine rings is 1. The number of hydrogen-bond donors (Lipinski definition) is 1. The summed E-state index contributed by atoms with van der Waals surface area (Å²) in [5.41, 5.74) is 0.450. The second-order valence-corrected chi connectivity index (χ2v) is 5.78. The van der Waals surface area contributed by atoms with E-state index in [4.69, 9.17) is 0 Å². The smallest absolute Gasteiger partial charge is 0.242 e. The Morgan fingerprint density at radius 3 is 2.70 bits per heavy atom. The molecule has 20 heavy (non-hydrogen) atoms. The quantitative estimate of drug-likeness (QED) is 0.880. The Morgan fingerprint density at radius 2 is 2.10 bits per heavy atom. The van der Waals surface area contributed by atoms with Gasteiger partial charge >= 0.3 is 0 Å². The summed E-state index contributed by atoms with van der Waals surface area (Å²) >= 11 is 0. The molecule has 1 aliphatic heterocycles. The van der Waals surface area contributed by atoms with Gasteiger partial charge in [-0.3, -0.25) is 14.7 Å². The first-order valence-electron chi connectivity index (χ1n) is 7.13. The van der Waals surface area contributed by atoms with Gasteiger partial charge in [-0.05, 0) is 26.0 Å². The number of aromatic nitrogens is 1. The number of carbonyl (C=O) groups is 1. The second kappa shape index (κ2) is 6.33. The van der Waals surface area contributed by atoms with E-state index in [1.54, 1.807) is 11.1 Å². The average Bonchev–Trinajstić information content (AvgIpc) is 2.48. The molecule has 1 fully saturated rings. The number of rotatable bonds is 4. The van der Waals surface area contributed by atoms with Gasteiger partial charge in [-0.1, -0.05) is 6.07 Å². The topological polar surface area (TPSA) is 48.5 Å². The van der Waals surface area contributed by atoms with E-state index >= 15 is 0 Å². The van der Waals surface area contributed by atoms with Gasteiger partial charge in [-0.25, -0.2) is 0 Å². The van der Waals surface area contributed by atoms with E-state index in [1.807, 2.05) is 39.1 Å². The van der Waals surface area contributed by atoms with Gasteiger partial charge in [-0.2, -0.15) is 0 Å². The fourth-order valence-electron chi connectivity index (χ4n) is 2.63. The van der Waals surface area contributed by atoms with E-state index in [0.717, 1.165) is 31.9 Å². The van der Waals surface area contributed by atoms with Gasteiger partial charge in [0.05, 0.1) is 17.8 Å². The van der Waals surface area contributed by atoms with E-state index in [2.05, 4.69) is 15.2 Å². The highest BCUT2D eigenvalue weighted by Gasteiger charge is 2.37. The Morgan fingerprint density at radius 1 is 1.40 bits per heavy atom. The number of amides is 1. The van der Waals surface area contributed by atoms with Crippen molar-refractivity contribution in [2.24, 2.45) is 0 Å². The van der Waals surface area contributed by atoms with E-state index in [1.165, 1.54) is 0 Å². The van der Waals surface area contributed by atoms with Crippen molar-refractivity contribution in [1.82, 2.24) is 20.1 Å². The van der Waals surface area contributed by atoms with Crippen LogP contribution in [0.1, 0.15) is 19.5 Å². The molecule has 0 radical (unpaired) electrons. The third kappa shape index (κ3) is 3.35. The Kier molecular flexibility index (Phi) is 4.73. The summed E-state index contributed by atoms with van der Waals surface area (Å²) < 4.78 is 0. The maximum Gasteiger partial charge on any atom is 0.242 e. The molecule has 1 aromatic heterocycles. The van der Waals surface area contributed by atoms with Crippen LogP contribution in [-0.4, -0.2) is 59.5 Å². The Balaban J connectivity index is 2.01. The van der Waals surface area contributed by atoms with Crippen LogP contribution in [0.15, 0.2) is 24.4 Å². The van der Waals surface area contributed by atoms with Crippen LogP contribution in [0.25, 0.3) is 0 Å². The summed E-state index contributed by atoms with van der Waals surface area (Å²) in [7, 11) is 1.85. The molecule has 110 valence electrons. The van der Waals surface area contributed by atoms with Crippen molar-refractivity contribution in [3.8, 4) is 0 Å². The summed E-state index contributed by atoms with van der Waals surface area (Å²) in [6.07, 6.45) is 1.76. The number of carbonyl (C=O) groups excluding carboxylic acids is 1. The zero-order valence-corrected chi connectivity index (χ0v) is 12.6. The van der Waals surface area contributed by atoms with Gasteiger partial charge in [0.25, 0.3) is 0 Å². The normalized spacial score (nSPS) is 16.9. The molecule has 0 atom stereocenters. The first-order chi connectivity index (χ1) is 9.51. The van der Waals surface area contributed by atoms with Crippen LogP contribution < -0.4 is 5.32 Å². The van der Waals surface area contributed by atoms with Gasteiger partial charge in [0, 0.05) is 39.4 Å². The van der Waals surface area contributed by atoms with Crippen molar-refractivity contribution >= 4 is 5.91 Å². The molecule has 1 amide bonds. The van der Waals surface area contributed by atoms with Crippen molar-refractivity contribution in [1.29, 1.82) is 0 Å². The fourth-order valence-corrected chi connectivity index (χ4v) is 2.63. The lowest BCUT2D eigenvalue weighted by molar-refractivity contribution is -0.142. The molecule has 2 rings (SSSR count).